The number of aromatic nitrogens is 2. The van der Waals surface area contributed by atoms with Crippen molar-refractivity contribution < 1.29 is 9.13 Å². The minimum absolute atomic E-state index is 0.107. The summed E-state index contributed by atoms with van der Waals surface area (Å²) in [6.07, 6.45) is 0.699. The van der Waals surface area contributed by atoms with Gasteiger partial charge in [-0.2, -0.15) is 0 Å². The van der Waals surface area contributed by atoms with Crippen LogP contribution >= 0.6 is 23.4 Å². The quantitative estimate of drug-likeness (QED) is 0.337. The summed E-state index contributed by atoms with van der Waals surface area (Å²) < 4.78 is 20.1. The summed E-state index contributed by atoms with van der Waals surface area (Å²) in [5, 5.41) is 1.65. The van der Waals surface area contributed by atoms with E-state index in [0.29, 0.717) is 46.4 Å². The van der Waals surface area contributed by atoms with E-state index in [1.54, 1.807) is 35.9 Å². The molecule has 2 aromatic carbocycles. The fourth-order valence-corrected chi connectivity index (χ4v) is 3.76. The van der Waals surface area contributed by atoms with Crippen LogP contribution in [0.3, 0.4) is 0 Å². The van der Waals surface area contributed by atoms with Gasteiger partial charge in [-0.3, -0.25) is 9.36 Å². The van der Waals surface area contributed by atoms with Crippen LogP contribution in [0.5, 0.6) is 0 Å². The molecule has 0 fully saturated rings. The van der Waals surface area contributed by atoms with Gasteiger partial charge in [0.1, 0.15) is 5.82 Å². The van der Waals surface area contributed by atoms with Crippen molar-refractivity contribution in [3.8, 4) is 0 Å². The van der Waals surface area contributed by atoms with Gasteiger partial charge >= 0.3 is 0 Å². The van der Waals surface area contributed by atoms with E-state index in [4.69, 9.17) is 16.3 Å². The summed E-state index contributed by atoms with van der Waals surface area (Å²) >= 11 is 7.45. The van der Waals surface area contributed by atoms with E-state index in [0.717, 1.165) is 5.56 Å². The third kappa shape index (κ3) is 4.44. The van der Waals surface area contributed by atoms with Crippen molar-refractivity contribution in [1.82, 2.24) is 9.55 Å². The summed E-state index contributed by atoms with van der Waals surface area (Å²) in [4.78, 5) is 17.5. The maximum absolute atomic E-state index is 13.4. The van der Waals surface area contributed by atoms with Crippen LogP contribution in [-0.2, 0) is 17.0 Å². The summed E-state index contributed by atoms with van der Waals surface area (Å²) in [5.74, 6) is 0.236. The highest BCUT2D eigenvalue weighted by Gasteiger charge is 2.12. The highest BCUT2D eigenvalue weighted by atomic mass is 35.5. The number of fused-ring (bicyclic) bond motifs is 1. The van der Waals surface area contributed by atoms with Crippen LogP contribution in [0.4, 0.5) is 4.39 Å². The molecule has 0 aliphatic rings. The van der Waals surface area contributed by atoms with Crippen molar-refractivity contribution in [3.05, 3.63) is 69.2 Å². The van der Waals surface area contributed by atoms with Gasteiger partial charge in [0.25, 0.3) is 5.56 Å². The number of halogens is 2. The lowest BCUT2D eigenvalue weighted by Crippen LogP contribution is -2.24. The third-order valence-electron chi connectivity index (χ3n) is 3.87. The fraction of sp³-hybridized carbons (Fsp3) is 0.263. The number of rotatable bonds is 7. The van der Waals surface area contributed by atoms with E-state index in [1.807, 2.05) is 6.07 Å². The second-order valence-corrected chi connectivity index (χ2v) is 7.16. The van der Waals surface area contributed by atoms with E-state index in [1.165, 1.54) is 23.9 Å². The van der Waals surface area contributed by atoms with Gasteiger partial charge in [0.2, 0.25) is 0 Å². The molecule has 0 aliphatic heterocycles. The smallest absolute Gasteiger partial charge is 0.262 e. The summed E-state index contributed by atoms with van der Waals surface area (Å²) in [7, 11) is 1.63. The van der Waals surface area contributed by atoms with Gasteiger partial charge in [-0.25, -0.2) is 9.37 Å². The maximum atomic E-state index is 13.4. The topological polar surface area (TPSA) is 44.1 Å². The van der Waals surface area contributed by atoms with Crippen LogP contribution in [0.25, 0.3) is 10.9 Å². The molecule has 0 N–H and O–H groups in total. The predicted molar refractivity (Wildman–Crippen MR) is 103 cm³/mol. The molecule has 0 amide bonds. The van der Waals surface area contributed by atoms with Gasteiger partial charge in [-0.15, -0.1) is 0 Å². The molecule has 0 radical (unpaired) electrons. The Morgan fingerprint density at radius 3 is 2.88 bits per heavy atom. The van der Waals surface area contributed by atoms with Gasteiger partial charge < -0.3 is 4.74 Å². The Morgan fingerprint density at radius 2 is 2.12 bits per heavy atom. The minimum atomic E-state index is -0.279. The van der Waals surface area contributed by atoms with Crippen molar-refractivity contribution >= 4 is 34.3 Å². The van der Waals surface area contributed by atoms with Crippen molar-refractivity contribution in [2.45, 2.75) is 23.9 Å². The number of benzene rings is 2. The van der Waals surface area contributed by atoms with Crippen molar-refractivity contribution in [2.24, 2.45) is 0 Å². The van der Waals surface area contributed by atoms with Gasteiger partial charge in [0.15, 0.2) is 5.16 Å². The molecule has 3 aromatic rings. The largest absolute Gasteiger partial charge is 0.385 e. The normalized spacial score (nSPS) is 11.2. The summed E-state index contributed by atoms with van der Waals surface area (Å²) in [6.45, 7) is 1.06. The lowest BCUT2D eigenvalue weighted by Gasteiger charge is -2.13. The number of nitrogens with zero attached hydrogens (tertiary/aromatic N) is 2. The fourth-order valence-electron chi connectivity index (χ4n) is 2.62. The Kier molecular flexibility index (Phi) is 6.29. The van der Waals surface area contributed by atoms with Gasteiger partial charge in [-0.05, 0) is 42.3 Å². The molecule has 1 aromatic heterocycles. The molecule has 0 bridgehead atoms. The molecule has 136 valence electrons. The Labute approximate surface area is 160 Å². The SMILES string of the molecule is COCCCn1c(SCc2cccc(F)c2)nc2cc(Cl)ccc2c1=O. The Morgan fingerprint density at radius 1 is 1.27 bits per heavy atom. The molecule has 7 heteroatoms. The number of hydrogen-bond donors (Lipinski definition) is 0. The predicted octanol–water partition coefficient (Wildman–Crippen LogP) is 4.52. The molecule has 0 saturated heterocycles. The van der Waals surface area contributed by atoms with Crippen LogP contribution in [0.1, 0.15) is 12.0 Å². The molecule has 0 unspecified atom stereocenters. The highest BCUT2D eigenvalue weighted by Crippen LogP contribution is 2.24. The molecule has 3 rings (SSSR count). The maximum Gasteiger partial charge on any atom is 0.262 e. The molecule has 0 spiro atoms. The average molecular weight is 393 g/mol. The van der Waals surface area contributed by atoms with Gasteiger partial charge in [-0.1, -0.05) is 35.5 Å². The number of hydrogen-bond acceptors (Lipinski definition) is 4. The van der Waals surface area contributed by atoms with Crippen LogP contribution in [0, 0.1) is 5.82 Å². The Balaban J connectivity index is 1.97. The molecule has 26 heavy (non-hydrogen) atoms. The third-order valence-corrected chi connectivity index (χ3v) is 5.15. The van der Waals surface area contributed by atoms with Crippen LogP contribution in [0.2, 0.25) is 5.02 Å². The van der Waals surface area contributed by atoms with Gasteiger partial charge in [0.05, 0.1) is 10.9 Å². The van der Waals surface area contributed by atoms with E-state index in [-0.39, 0.29) is 11.4 Å². The zero-order valence-electron chi connectivity index (χ0n) is 14.2. The zero-order chi connectivity index (χ0) is 18.5. The summed E-state index contributed by atoms with van der Waals surface area (Å²) in [5.41, 5.74) is 1.29. The van der Waals surface area contributed by atoms with E-state index in [9.17, 15) is 9.18 Å². The molecule has 4 nitrogen and oxygen atoms in total. The number of thioether (sulfide) groups is 1. The molecule has 0 atom stereocenters. The molecule has 0 saturated carbocycles. The average Bonchev–Trinajstić information content (AvgIpc) is 2.62. The first-order valence-electron chi connectivity index (χ1n) is 8.15. The molecule has 1 heterocycles. The lowest BCUT2D eigenvalue weighted by molar-refractivity contribution is 0.189. The molecular weight excluding hydrogens is 375 g/mol. The lowest BCUT2D eigenvalue weighted by atomic mass is 10.2. The van der Waals surface area contributed by atoms with E-state index < -0.39 is 0 Å². The number of methoxy groups -OCH3 is 1. The van der Waals surface area contributed by atoms with Crippen LogP contribution < -0.4 is 5.56 Å². The second-order valence-electron chi connectivity index (χ2n) is 5.78. The number of ether oxygens (including phenoxy) is 1. The molecule has 0 aliphatic carbocycles. The monoisotopic (exact) mass is 392 g/mol. The van der Waals surface area contributed by atoms with Crippen LogP contribution in [-0.4, -0.2) is 23.3 Å². The first kappa shape index (κ1) is 18.9. The van der Waals surface area contributed by atoms with Crippen molar-refractivity contribution in [3.63, 3.8) is 0 Å². The summed E-state index contributed by atoms with van der Waals surface area (Å²) in [6, 6.07) is 11.5. The Bertz CT molecular complexity index is 977. The van der Waals surface area contributed by atoms with Crippen LogP contribution in [0.15, 0.2) is 52.4 Å². The van der Waals surface area contributed by atoms with E-state index >= 15 is 0 Å². The first-order chi connectivity index (χ1) is 12.6. The minimum Gasteiger partial charge on any atom is -0.385 e. The Hall–Kier alpha value is -1.89. The molecular formula is C19H18ClFN2O2S. The van der Waals surface area contributed by atoms with Crippen molar-refractivity contribution in [2.75, 3.05) is 13.7 Å². The second kappa shape index (κ2) is 8.66. The van der Waals surface area contributed by atoms with Crippen molar-refractivity contribution in [1.29, 1.82) is 0 Å². The highest BCUT2D eigenvalue weighted by molar-refractivity contribution is 7.98. The first-order valence-corrected chi connectivity index (χ1v) is 9.51. The standard InChI is InChI=1S/C19H18ClFN2O2S/c1-25-9-3-8-23-18(24)16-7-6-14(20)11-17(16)22-19(23)26-12-13-4-2-5-15(21)10-13/h2,4-7,10-11H,3,8-9,12H2,1H3. The van der Waals surface area contributed by atoms with E-state index in [2.05, 4.69) is 4.98 Å². The van der Waals surface area contributed by atoms with Gasteiger partial charge in [0, 0.05) is 31.0 Å². The zero-order valence-corrected chi connectivity index (χ0v) is 15.8.